The lowest BCUT2D eigenvalue weighted by Gasteiger charge is -2.13. The fourth-order valence-corrected chi connectivity index (χ4v) is 1.09. The molecule has 0 bridgehead atoms. The van der Waals surface area contributed by atoms with Crippen molar-refractivity contribution in [1.82, 2.24) is 5.48 Å². The predicted octanol–water partition coefficient (Wildman–Crippen LogP) is 0.858. The molecule has 0 aliphatic rings. The molecule has 5 heteroatoms. The first-order valence-electron chi connectivity index (χ1n) is 5.34. The molecule has 1 aromatic carbocycles. The molecule has 0 aromatic heterocycles. The number of carbonyl (C=O) groups is 2. The number of amides is 1. The lowest BCUT2D eigenvalue weighted by molar-refractivity contribution is -0.151. The molecule has 0 aliphatic carbocycles. The van der Waals surface area contributed by atoms with Crippen molar-refractivity contribution in [3.05, 3.63) is 35.9 Å². The summed E-state index contributed by atoms with van der Waals surface area (Å²) in [6.07, 6.45) is 0. The van der Waals surface area contributed by atoms with Crippen molar-refractivity contribution in [2.45, 2.75) is 19.9 Å². The van der Waals surface area contributed by atoms with Crippen LogP contribution in [0.5, 0.6) is 0 Å². The topological polar surface area (TPSA) is 81.4 Å². The molecular formula is C12H16N2O3. The molecule has 0 aliphatic heterocycles. The standard InChI is InChI=1S/C12H16N2O3/c1-8(2)10(13)12(16)17-14-11(15)9-6-4-3-5-7-9/h3-8,10H,13H2,1-2H3,(H,14,15). The first-order chi connectivity index (χ1) is 8.02. The van der Waals surface area contributed by atoms with E-state index in [1.807, 2.05) is 0 Å². The zero-order valence-corrected chi connectivity index (χ0v) is 9.84. The van der Waals surface area contributed by atoms with Crippen LogP contribution in [0.3, 0.4) is 0 Å². The molecule has 1 amide bonds. The highest BCUT2D eigenvalue weighted by Gasteiger charge is 2.20. The molecule has 17 heavy (non-hydrogen) atoms. The van der Waals surface area contributed by atoms with Gasteiger partial charge in [0.05, 0.1) is 0 Å². The zero-order valence-electron chi connectivity index (χ0n) is 9.84. The van der Waals surface area contributed by atoms with Gasteiger partial charge in [-0.3, -0.25) is 4.79 Å². The molecule has 0 radical (unpaired) electrons. The normalized spacial score (nSPS) is 12.0. The van der Waals surface area contributed by atoms with Gasteiger partial charge in [0.15, 0.2) is 0 Å². The molecular weight excluding hydrogens is 220 g/mol. The fourth-order valence-electron chi connectivity index (χ4n) is 1.09. The first kappa shape index (κ1) is 13.2. The minimum atomic E-state index is -0.744. The lowest BCUT2D eigenvalue weighted by atomic mass is 10.1. The van der Waals surface area contributed by atoms with Gasteiger partial charge in [-0.1, -0.05) is 32.0 Å². The maximum Gasteiger partial charge on any atom is 0.349 e. The molecule has 3 N–H and O–H groups in total. The van der Waals surface area contributed by atoms with Gasteiger partial charge in [0.2, 0.25) is 0 Å². The van der Waals surface area contributed by atoms with Crippen LogP contribution >= 0.6 is 0 Å². The van der Waals surface area contributed by atoms with Gasteiger partial charge in [-0.05, 0) is 18.1 Å². The van der Waals surface area contributed by atoms with Gasteiger partial charge >= 0.3 is 5.97 Å². The van der Waals surface area contributed by atoms with E-state index in [9.17, 15) is 9.59 Å². The van der Waals surface area contributed by atoms with Crippen LogP contribution in [0.4, 0.5) is 0 Å². The number of hydrogen-bond donors (Lipinski definition) is 2. The van der Waals surface area contributed by atoms with Crippen LogP contribution in [-0.2, 0) is 9.63 Å². The molecule has 1 rings (SSSR count). The van der Waals surface area contributed by atoms with E-state index >= 15 is 0 Å². The van der Waals surface area contributed by atoms with E-state index in [1.54, 1.807) is 44.2 Å². The van der Waals surface area contributed by atoms with Crippen molar-refractivity contribution in [3.8, 4) is 0 Å². The number of hydrogen-bond acceptors (Lipinski definition) is 4. The summed E-state index contributed by atoms with van der Waals surface area (Å²) >= 11 is 0. The Labute approximate surface area is 99.9 Å². The Morgan fingerprint density at radius 2 is 1.82 bits per heavy atom. The van der Waals surface area contributed by atoms with Gasteiger partial charge in [-0.15, -0.1) is 0 Å². The first-order valence-corrected chi connectivity index (χ1v) is 5.34. The molecule has 92 valence electrons. The highest BCUT2D eigenvalue weighted by atomic mass is 16.7. The Morgan fingerprint density at radius 1 is 1.24 bits per heavy atom. The fraction of sp³-hybridized carbons (Fsp3) is 0.333. The van der Waals surface area contributed by atoms with Crippen LogP contribution in [0.25, 0.3) is 0 Å². The zero-order chi connectivity index (χ0) is 12.8. The minimum absolute atomic E-state index is 0.0453. The van der Waals surface area contributed by atoms with Gasteiger partial charge in [-0.25, -0.2) is 4.79 Å². The molecule has 1 unspecified atom stereocenters. The maximum atomic E-state index is 11.5. The monoisotopic (exact) mass is 236 g/mol. The summed E-state index contributed by atoms with van der Waals surface area (Å²) in [7, 11) is 0. The van der Waals surface area contributed by atoms with Gasteiger partial charge in [0.25, 0.3) is 5.91 Å². The number of nitrogens with two attached hydrogens (primary N) is 1. The van der Waals surface area contributed by atoms with E-state index < -0.39 is 17.9 Å². The Bertz CT molecular complexity index is 390. The van der Waals surface area contributed by atoms with Crippen LogP contribution in [0.2, 0.25) is 0 Å². The average Bonchev–Trinajstić information content (AvgIpc) is 2.35. The summed E-state index contributed by atoms with van der Waals surface area (Å²) in [6.45, 7) is 3.59. The summed E-state index contributed by atoms with van der Waals surface area (Å²) < 4.78 is 0. The molecule has 0 heterocycles. The van der Waals surface area contributed by atoms with E-state index in [2.05, 4.69) is 10.3 Å². The maximum absolute atomic E-state index is 11.5. The van der Waals surface area contributed by atoms with E-state index in [0.29, 0.717) is 5.56 Å². The molecule has 5 nitrogen and oxygen atoms in total. The SMILES string of the molecule is CC(C)C(N)C(=O)ONC(=O)c1ccccc1. The van der Waals surface area contributed by atoms with E-state index in [0.717, 1.165) is 0 Å². The van der Waals surface area contributed by atoms with Crippen LogP contribution in [0.15, 0.2) is 30.3 Å². The van der Waals surface area contributed by atoms with Crippen molar-refractivity contribution >= 4 is 11.9 Å². The van der Waals surface area contributed by atoms with Gasteiger partial charge < -0.3 is 10.6 Å². The Morgan fingerprint density at radius 3 is 2.35 bits per heavy atom. The van der Waals surface area contributed by atoms with Crippen molar-refractivity contribution < 1.29 is 14.4 Å². The second-order valence-corrected chi connectivity index (χ2v) is 3.99. The predicted molar refractivity (Wildman–Crippen MR) is 62.8 cm³/mol. The molecule has 0 saturated heterocycles. The third-order valence-corrected chi connectivity index (χ3v) is 2.27. The summed E-state index contributed by atoms with van der Waals surface area (Å²) in [6, 6.07) is 7.72. The molecule has 0 fully saturated rings. The summed E-state index contributed by atoms with van der Waals surface area (Å²) in [5, 5.41) is 0. The van der Waals surface area contributed by atoms with E-state index in [1.165, 1.54) is 0 Å². The van der Waals surface area contributed by atoms with Crippen LogP contribution < -0.4 is 11.2 Å². The third-order valence-electron chi connectivity index (χ3n) is 2.27. The van der Waals surface area contributed by atoms with Crippen molar-refractivity contribution in [2.24, 2.45) is 11.7 Å². The van der Waals surface area contributed by atoms with E-state index in [-0.39, 0.29) is 5.92 Å². The van der Waals surface area contributed by atoms with Gasteiger partial charge in [0.1, 0.15) is 6.04 Å². The van der Waals surface area contributed by atoms with Crippen LogP contribution in [-0.4, -0.2) is 17.9 Å². The summed E-state index contributed by atoms with van der Waals surface area (Å²) in [5.74, 6) is -1.17. The Kier molecular flexibility index (Phi) is 4.66. The van der Waals surface area contributed by atoms with Crippen LogP contribution in [0.1, 0.15) is 24.2 Å². The number of rotatable bonds is 3. The summed E-state index contributed by atoms with van der Waals surface area (Å²) in [4.78, 5) is 27.5. The number of benzene rings is 1. The third kappa shape index (κ3) is 3.88. The quantitative estimate of drug-likeness (QED) is 0.762. The molecule has 1 atom stereocenters. The number of nitrogens with one attached hydrogen (secondary N) is 1. The Hall–Kier alpha value is -1.88. The lowest BCUT2D eigenvalue weighted by Crippen LogP contribution is -2.41. The van der Waals surface area contributed by atoms with Crippen molar-refractivity contribution in [1.29, 1.82) is 0 Å². The van der Waals surface area contributed by atoms with Crippen molar-refractivity contribution in [2.75, 3.05) is 0 Å². The Balaban J connectivity index is 2.47. The largest absolute Gasteiger partial charge is 0.349 e. The van der Waals surface area contributed by atoms with Gasteiger partial charge in [-0.2, -0.15) is 5.48 Å². The van der Waals surface area contributed by atoms with E-state index in [4.69, 9.17) is 5.73 Å². The highest BCUT2D eigenvalue weighted by molar-refractivity contribution is 5.94. The van der Waals surface area contributed by atoms with Gasteiger partial charge in [0, 0.05) is 5.56 Å². The molecule has 0 saturated carbocycles. The molecule has 1 aromatic rings. The summed E-state index contributed by atoms with van der Waals surface area (Å²) in [5.41, 5.74) is 8.04. The average molecular weight is 236 g/mol. The molecule has 0 spiro atoms. The number of hydroxylamine groups is 1. The van der Waals surface area contributed by atoms with Crippen molar-refractivity contribution in [3.63, 3.8) is 0 Å². The minimum Gasteiger partial charge on any atom is -0.339 e. The second kappa shape index (κ2) is 6.00. The number of carbonyl (C=O) groups excluding carboxylic acids is 2. The smallest absolute Gasteiger partial charge is 0.339 e. The highest BCUT2D eigenvalue weighted by Crippen LogP contribution is 2.01. The second-order valence-electron chi connectivity index (χ2n) is 3.99. The van der Waals surface area contributed by atoms with Crippen LogP contribution in [0, 0.1) is 5.92 Å².